The summed E-state index contributed by atoms with van der Waals surface area (Å²) >= 11 is 0. The highest BCUT2D eigenvalue weighted by Gasteiger charge is 2.31. The van der Waals surface area contributed by atoms with Crippen LogP contribution in [0.4, 0.5) is 0 Å². The zero-order valence-electron chi connectivity index (χ0n) is 20.9. The number of ether oxygens (including phenoxy) is 1. The van der Waals surface area contributed by atoms with Crippen LogP contribution in [0.2, 0.25) is 0 Å². The van der Waals surface area contributed by atoms with E-state index < -0.39 is 12.1 Å². The minimum absolute atomic E-state index is 0.0992. The summed E-state index contributed by atoms with van der Waals surface area (Å²) in [6.07, 6.45) is 10.3. The maximum atomic E-state index is 11.6. The summed E-state index contributed by atoms with van der Waals surface area (Å²) < 4.78 is 5.36. The van der Waals surface area contributed by atoms with E-state index in [0.717, 1.165) is 74.0 Å². The Morgan fingerprint density at radius 1 is 1.17 bits per heavy atom. The molecule has 3 heterocycles. The molecular formula is C28H36N4O4. The summed E-state index contributed by atoms with van der Waals surface area (Å²) in [6.45, 7) is 2.76. The number of methoxy groups -OCH3 is 1. The Balaban J connectivity index is 1.31. The number of unbranched alkanes of at least 4 members (excludes halogenated alkanes) is 1. The summed E-state index contributed by atoms with van der Waals surface area (Å²) in [5.74, 6) is 0.375. The van der Waals surface area contributed by atoms with Crippen LogP contribution in [0.25, 0.3) is 10.9 Å². The Kier molecular flexibility index (Phi) is 9.19. The second kappa shape index (κ2) is 12.7. The van der Waals surface area contributed by atoms with Crippen molar-refractivity contribution < 1.29 is 19.7 Å². The third-order valence-corrected chi connectivity index (χ3v) is 7.40. The zero-order valence-corrected chi connectivity index (χ0v) is 20.9. The van der Waals surface area contributed by atoms with Crippen LogP contribution in [0.15, 0.2) is 48.9 Å². The fourth-order valence-electron chi connectivity index (χ4n) is 5.42. The number of aromatic nitrogens is 3. The number of rotatable bonds is 12. The molecule has 1 aromatic carbocycles. The molecule has 3 atom stereocenters. The van der Waals surface area contributed by atoms with Gasteiger partial charge in [-0.05, 0) is 105 Å². The molecule has 0 bridgehead atoms. The average Bonchev–Trinajstić information content (AvgIpc) is 2.90. The summed E-state index contributed by atoms with van der Waals surface area (Å²) in [5, 5.41) is 29.2. The van der Waals surface area contributed by atoms with Gasteiger partial charge >= 0.3 is 5.97 Å². The summed E-state index contributed by atoms with van der Waals surface area (Å²) in [4.78, 5) is 18.4. The Morgan fingerprint density at radius 3 is 2.83 bits per heavy atom. The van der Waals surface area contributed by atoms with Gasteiger partial charge in [-0.25, -0.2) is 0 Å². The predicted octanol–water partition coefficient (Wildman–Crippen LogP) is 4.28. The standard InChI is InChI=1S/C28H36N4O4/c1-36-23-6-7-26-25(17-23)24(10-12-29-26)27(33)8-5-21-11-15-32(19-22(21)16-28(34)35)14-3-2-4-20-9-13-30-31-18-20/h6-7,9-10,12-13,17-18,21-22,27,33H,2-5,8,11,14-16,19H2,1H3,(H,34,35)/t21-,22+,27-/m1/s1. The number of pyridine rings is 1. The molecule has 1 fully saturated rings. The SMILES string of the molecule is COc1ccc2nccc([C@H](O)CC[C@@H]3CCN(CCCCc4ccnnc4)C[C@@H]3CC(=O)O)c2c1. The Hall–Kier alpha value is -3.10. The van der Waals surface area contributed by atoms with E-state index in [1.165, 1.54) is 5.56 Å². The van der Waals surface area contributed by atoms with Gasteiger partial charge < -0.3 is 19.8 Å². The smallest absolute Gasteiger partial charge is 0.303 e. The van der Waals surface area contributed by atoms with Gasteiger partial charge in [0.2, 0.25) is 0 Å². The molecule has 192 valence electrons. The van der Waals surface area contributed by atoms with E-state index in [2.05, 4.69) is 20.1 Å². The summed E-state index contributed by atoms with van der Waals surface area (Å²) in [5.41, 5.74) is 2.87. The van der Waals surface area contributed by atoms with Gasteiger partial charge in [0.1, 0.15) is 5.75 Å². The van der Waals surface area contributed by atoms with Crippen molar-refractivity contribution in [3.8, 4) is 5.75 Å². The van der Waals surface area contributed by atoms with Crippen molar-refractivity contribution in [2.75, 3.05) is 26.7 Å². The number of aliphatic hydroxyl groups excluding tert-OH is 1. The number of carbonyl (C=O) groups is 1. The van der Waals surface area contributed by atoms with Crippen LogP contribution in [-0.4, -0.2) is 63.0 Å². The highest BCUT2D eigenvalue weighted by molar-refractivity contribution is 5.83. The highest BCUT2D eigenvalue weighted by atomic mass is 16.5. The van der Waals surface area contributed by atoms with Crippen LogP contribution in [0.5, 0.6) is 5.75 Å². The second-order valence-corrected chi connectivity index (χ2v) is 9.79. The van der Waals surface area contributed by atoms with Gasteiger partial charge in [-0.2, -0.15) is 10.2 Å². The van der Waals surface area contributed by atoms with Crippen molar-refractivity contribution in [1.29, 1.82) is 0 Å². The van der Waals surface area contributed by atoms with Crippen molar-refractivity contribution >= 4 is 16.9 Å². The second-order valence-electron chi connectivity index (χ2n) is 9.79. The lowest BCUT2D eigenvalue weighted by molar-refractivity contribution is -0.139. The first kappa shape index (κ1) is 26.0. The minimum atomic E-state index is -0.746. The van der Waals surface area contributed by atoms with Gasteiger partial charge in [0.25, 0.3) is 0 Å². The number of aliphatic carboxylic acids is 1. The van der Waals surface area contributed by atoms with Crippen LogP contribution in [0.1, 0.15) is 55.8 Å². The summed E-state index contributed by atoms with van der Waals surface area (Å²) in [6, 6.07) is 9.55. The van der Waals surface area contributed by atoms with Crippen LogP contribution >= 0.6 is 0 Å². The molecule has 0 saturated carbocycles. The van der Waals surface area contributed by atoms with E-state index in [0.29, 0.717) is 6.42 Å². The molecule has 0 radical (unpaired) electrons. The van der Waals surface area contributed by atoms with Crippen molar-refractivity contribution in [1.82, 2.24) is 20.1 Å². The van der Waals surface area contributed by atoms with Gasteiger partial charge in [0, 0.05) is 30.7 Å². The third kappa shape index (κ3) is 6.98. The normalized spacial score (nSPS) is 19.3. The van der Waals surface area contributed by atoms with Gasteiger partial charge in [-0.15, -0.1) is 0 Å². The maximum Gasteiger partial charge on any atom is 0.303 e. The van der Waals surface area contributed by atoms with Crippen molar-refractivity contribution in [3.63, 3.8) is 0 Å². The molecule has 3 aromatic rings. The Morgan fingerprint density at radius 2 is 2.06 bits per heavy atom. The number of hydrogen-bond donors (Lipinski definition) is 2. The molecule has 0 unspecified atom stereocenters. The number of carboxylic acid groups (broad SMARTS) is 1. The monoisotopic (exact) mass is 492 g/mol. The number of hydrogen-bond acceptors (Lipinski definition) is 7. The lowest BCUT2D eigenvalue weighted by Gasteiger charge is -2.38. The molecular weight excluding hydrogens is 456 g/mol. The molecule has 0 aliphatic carbocycles. The maximum absolute atomic E-state index is 11.6. The van der Waals surface area contributed by atoms with Crippen molar-refractivity contribution in [2.24, 2.45) is 11.8 Å². The number of nitrogens with zero attached hydrogens (tertiary/aromatic N) is 4. The number of piperidine rings is 1. The number of aliphatic hydroxyl groups is 1. The molecule has 2 aromatic heterocycles. The molecule has 4 rings (SSSR count). The average molecular weight is 493 g/mol. The van der Waals surface area contributed by atoms with E-state index in [1.807, 2.05) is 36.5 Å². The number of aryl methyl sites for hydroxylation is 1. The first-order chi connectivity index (χ1) is 17.5. The molecule has 1 aliphatic heterocycles. The lowest BCUT2D eigenvalue weighted by Crippen LogP contribution is -2.41. The molecule has 36 heavy (non-hydrogen) atoms. The van der Waals surface area contributed by atoms with Crippen LogP contribution < -0.4 is 4.74 Å². The molecule has 0 spiro atoms. The van der Waals surface area contributed by atoms with E-state index in [1.54, 1.807) is 19.5 Å². The fourth-order valence-corrected chi connectivity index (χ4v) is 5.42. The van der Waals surface area contributed by atoms with Gasteiger partial charge in [0.15, 0.2) is 0 Å². The predicted molar refractivity (Wildman–Crippen MR) is 138 cm³/mol. The number of carboxylic acids is 1. The molecule has 0 amide bonds. The van der Waals surface area contributed by atoms with Gasteiger partial charge in [0.05, 0.1) is 24.9 Å². The molecule has 2 N–H and O–H groups in total. The van der Waals surface area contributed by atoms with Crippen LogP contribution in [0.3, 0.4) is 0 Å². The minimum Gasteiger partial charge on any atom is -0.497 e. The van der Waals surface area contributed by atoms with Crippen molar-refractivity contribution in [3.05, 3.63) is 60.0 Å². The third-order valence-electron chi connectivity index (χ3n) is 7.40. The molecule has 1 aliphatic rings. The van der Waals surface area contributed by atoms with Gasteiger partial charge in [-0.1, -0.05) is 0 Å². The Bertz CT molecular complexity index is 1130. The molecule has 8 heteroatoms. The first-order valence-electron chi connectivity index (χ1n) is 12.8. The number of fused-ring (bicyclic) bond motifs is 1. The number of benzene rings is 1. The van der Waals surface area contributed by atoms with E-state index in [9.17, 15) is 15.0 Å². The Labute approximate surface area is 212 Å². The number of likely N-dealkylation sites (tertiary alicyclic amines) is 1. The lowest BCUT2D eigenvalue weighted by atomic mass is 9.79. The van der Waals surface area contributed by atoms with Gasteiger partial charge in [-0.3, -0.25) is 9.78 Å². The molecule has 8 nitrogen and oxygen atoms in total. The zero-order chi connectivity index (χ0) is 25.3. The van der Waals surface area contributed by atoms with Crippen LogP contribution in [-0.2, 0) is 11.2 Å². The molecule has 1 saturated heterocycles. The largest absolute Gasteiger partial charge is 0.497 e. The first-order valence-corrected chi connectivity index (χ1v) is 12.8. The summed E-state index contributed by atoms with van der Waals surface area (Å²) in [7, 11) is 1.63. The van der Waals surface area contributed by atoms with E-state index in [4.69, 9.17) is 4.74 Å². The van der Waals surface area contributed by atoms with E-state index in [-0.39, 0.29) is 18.3 Å². The highest BCUT2D eigenvalue weighted by Crippen LogP contribution is 2.34. The van der Waals surface area contributed by atoms with Crippen LogP contribution in [0, 0.1) is 11.8 Å². The van der Waals surface area contributed by atoms with E-state index >= 15 is 0 Å². The quantitative estimate of drug-likeness (QED) is 0.361. The topological polar surface area (TPSA) is 109 Å². The fraction of sp³-hybridized carbons (Fsp3) is 0.500. The van der Waals surface area contributed by atoms with Crippen molar-refractivity contribution in [2.45, 2.75) is 51.0 Å².